The van der Waals surface area contributed by atoms with Crippen molar-refractivity contribution in [3.63, 3.8) is 0 Å². The molecule has 0 unspecified atom stereocenters. The van der Waals surface area contributed by atoms with Crippen LogP contribution >= 0.6 is 0 Å². The van der Waals surface area contributed by atoms with E-state index >= 15 is 0 Å². The highest BCUT2D eigenvalue weighted by Gasteiger charge is 2.42. The van der Waals surface area contributed by atoms with Crippen molar-refractivity contribution in [3.8, 4) is 11.1 Å². The lowest BCUT2D eigenvalue weighted by Gasteiger charge is -2.36. The van der Waals surface area contributed by atoms with E-state index in [2.05, 4.69) is 238 Å². The summed E-state index contributed by atoms with van der Waals surface area (Å²) in [5, 5.41) is 12.4. The third-order valence-electron chi connectivity index (χ3n) is 12.8. The summed E-state index contributed by atoms with van der Waals surface area (Å²) in [6.45, 7) is 6.54. The largest absolute Gasteiger partial charge is 0.455 e. The third-order valence-corrected chi connectivity index (χ3v) is 17.6. The van der Waals surface area contributed by atoms with Gasteiger partial charge in [0.2, 0.25) is 0 Å². The highest BCUT2D eigenvalue weighted by atomic mass is 28.3. The molecule has 0 N–H and O–H groups in total. The minimum atomic E-state index is -2.88. The Morgan fingerprint density at radius 2 is 0.903 bits per heavy atom. The molecule has 0 radical (unpaired) electrons. The van der Waals surface area contributed by atoms with Gasteiger partial charge in [-0.15, -0.1) is 0 Å². The maximum absolute atomic E-state index is 6.63. The molecule has 1 aromatic heterocycles. The predicted octanol–water partition coefficient (Wildman–Crippen LogP) is 13.3. The Labute approximate surface area is 364 Å². The number of nitrogens with zero attached hydrogens (tertiary/aromatic N) is 1. The van der Waals surface area contributed by atoms with Crippen molar-refractivity contribution in [2.24, 2.45) is 0 Å². The molecule has 0 saturated heterocycles. The minimum absolute atomic E-state index is 0.901. The number of fused-ring (bicyclic) bond motifs is 6. The zero-order valence-electron chi connectivity index (χ0n) is 35.1. The fourth-order valence-electron chi connectivity index (χ4n) is 9.70. The van der Waals surface area contributed by atoms with E-state index in [1.807, 2.05) is 6.07 Å². The molecule has 2 nitrogen and oxygen atoms in total. The molecule has 0 aliphatic carbocycles. The van der Waals surface area contributed by atoms with Gasteiger partial charge >= 0.3 is 0 Å². The van der Waals surface area contributed by atoms with Crippen LogP contribution in [0.4, 0.5) is 17.1 Å². The molecule has 0 aliphatic rings. The molecule has 0 bridgehead atoms. The Morgan fingerprint density at radius 1 is 0.371 bits per heavy atom. The van der Waals surface area contributed by atoms with Gasteiger partial charge in [-0.3, -0.25) is 0 Å². The summed E-state index contributed by atoms with van der Waals surface area (Å²) in [5.41, 5.74) is 11.3. The van der Waals surface area contributed by atoms with Gasteiger partial charge in [-0.25, -0.2) is 0 Å². The van der Waals surface area contributed by atoms with Crippen LogP contribution in [0.2, 0.25) is 0 Å². The molecule has 62 heavy (non-hydrogen) atoms. The average Bonchev–Trinajstić information content (AvgIpc) is 3.71. The number of rotatable bonds is 8. The molecular weight excluding hydrogens is 767 g/mol. The summed E-state index contributed by atoms with van der Waals surface area (Å²) >= 11 is 0. The Bertz CT molecular complexity index is 3300. The van der Waals surface area contributed by atoms with Gasteiger partial charge in [0.1, 0.15) is 11.2 Å². The van der Waals surface area contributed by atoms with Gasteiger partial charge in [-0.1, -0.05) is 193 Å². The van der Waals surface area contributed by atoms with Crippen LogP contribution in [0.3, 0.4) is 0 Å². The van der Waals surface area contributed by atoms with Crippen molar-refractivity contribution in [2.75, 3.05) is 4.90 Å². The van der Waals surface area contributed by atoms with E-state index in [4.69, 9.17) is 4.42 Å². The quantitative estimate of drug-likeness (QED) is 0.112. The zero-order valence-corrected chi connectivity index (χ0v) is 36.1. The number of anilines is 3. The summed E-state index contributed by atoms with van der Waals surface area (Å²) in [6.07, 6.45) is 0. The first-order chi connectivity index (χ1) is 30.5. The van der Waals surface area contributed by atoms with Crippen LogP contribution in [0.1, 0.15) is 16.7 Å². The molecule has 1 heterocycles. The molecule has 11 aromatic rings. The monoisotopic (exact) mass is 811 g/mol. The van der Waals surface area contributed by atoms with E-state index in [1.165, 1.54) is 59.3 Å². The first kappa shape index (κ1) is 37.5. The highest BCUT2D eigenvalue weighted by Crippen LogP contribution is 2.43. The summed E-state index contributed by atoms with van der Waals surface area (Å²) < 4.78 is 6.63. The lowest BCUT2D eigenvalue weighted by molar-refractivity contribution is 0.672. The summed E-state index contributed by atoms with van der Waals surface area (Å²) in [4.78, 5) is 2.45. The van der Waals surface area contributed by atoms with Gasteiger partial charge in [0.15, 0.2) is 8.07 Å². The van der Waals surface area contributed by atoms with Gasteiger partial charge in [-0.2, -0.15) is 0 Å². The maximum Gasteiger partial charge on any atom is 0.179 e. The zero-order chi connectivity index (χ0) is 41.8. The average molecular weight is 812 g/mol. The minimum Gasteiger partial charge on any atom is -0.455 e. The Morgan fingerprint density at radius 3 is 1.58 bits per heavy atom. The molecule has 0 fully saturated rings. The smallest absolute Gasteiger partial charge is 0.179 e. The number of hydrogen-bond donors (Lipinski definition) is 0. The predicted molar refractivity (Wildman–Crippen MR) is 267 cm³/mol. The second-order valence-electron chi connectivity index (χ2n) is 16.7. The molecule has 0 spiro atoms. The van der Waals surface area contributed by atoms with Crippen molar-refractivity contribution >= 4 is 89.4 Å². The Hall–Kier alpha value is -7.46. The first-order valence-electron chi connectivity index (χ1n) is 21.5. The summed E-state index contributed by atoms with van der Waals surface area (Å²) in [6, 6.07) is 81.2. The SMILES string of the molecule is Cc1ccc([Si](c2ccc(C)cc2)(c2ccc(C)cc2)c2cccc(N(c3ccc(-c4cccc5ccccc45)cc3)c3cccc4c3ccc3c5ccccc5oc43)c2)cc1. The van der Waals surface area contributed by atoms with E-state index in [0.717, 1.165) is 49.8 Å². The fourth-order valence-corrected chi connectivity index (χ4v) is 14.4. The first-order valence-corrected chi connectivity index (χ1v) is 23.5. The number of furan rings is 1. The fraction of sp³-hybridized carbons (Fsp3) is 0.0508. The molecule has 11 rings (SSSR count). The van der Waals surface area contributed by atoms with E-state index in [9.17, 15) is 0 Å². The van der Waals surface area contributed by atoms with Gasteiger partial charge < -0.3 is 9.32 Å². The standard InChI is InChI=1S/C59H45NOSi/c1-40-21-31-47(32-22-40)62(48-33-23-41(2)24-34-48,49-35-25-42(3)26-36-49)50-14-9-13-46(39-50)60(45-29-27-44(28-30-45)52-17-8-12-43-11-4-5-15-51(43)52)57-19-10-18-55-53(57)37-38-56-54-16-6-7-20-58(54)61-59(55)56/h4-39H,1-3H3. The lowest BCUT2D eigenvalue weighted by Crippen LogP contribution is -2.74. The molecule has 3 heteroatoms. The van der Waals surface area contributed by atoms with E-state index in [1.54, 1.807) is 0 Å². The topological polar surface area (TPSA) is 16.4 Å². The molecule has 296 valence electrons. The van der Waals surface area contributed by atoms with Crippen LogP contribution in [-0.2, 0) is 0 Å². The number of para-hydroxylation sites is 1. The number of hydrogen-bond acceptors (Lipinski definition) is 2. The molecular formula is C59H45NOSi. The highest BCUT2D eigenvalue weighted by molar-refractivity contribution is 7.20. The normalized spacial score (nSPS) is 11.8. The molecule has 0 saturated carbocycles. The Kier molecular flexibility index (Phi) is 9.21. The Balaban J connectivity index is 1.17. The van der Waals surface area contributed by atoms with E-state index in [-0.39, 0.29) is 0 Å². The van der Waals surface area contributed by atoms with Gasteiger partial charge in [0.05, 0.1) is 5.69 Å². The van der Waals surface area contributed by atoms with Crippen LogP contribution in [0.15, 0.2) is 223 Å². The van der Waals surface area contributed by atoms with Crippen LogP contribution < -0.4 is 25.6 Å². The van der Waals surface area contributed by atoms with Crippen molar-refractivity contribution in [3.05, 3.63) is 235 Å². The van der Waals surface area contributed by atoms with Crippen LogP contribution in [-0.4, -0.2) is 8.07 Å². The van der Waals surface area contributed by atoms with Crippen molar-refractivity contribution in [2.45, 2.75) is 20.8 Å². The van der Waals surface area contributed by atoms with E-state index < -0.39 is 8.07 Å². The van der Waals surface area contributed by atoms with Crippen LogP contribution in [0.25, 0.3) is 54.6 Å². The van der Waals surface area contributed by atoms with Crippen molar-refractivity contribution in [1.82, 2.24) is 0 Å². The third kappa shape index (κ3) is 6.24. The van der Waals surface area contributed by atoms with Gasteiger partial charge in [0, 0.05) is 32.9 Å². The second kappa shape index (κ2) is 15.2. The van der Waals surface area contributed by atoms with Gasteiger partial charge in [0.25, 0.3) is 0 Å². The van der Waals surface area contributed by atoms with Crippen molar-refractivity contribution < 1.29 is 4.42 Å². The van der Waals surface area contributed by atoms with E-state index in [0.29, 0.717) is 0 Å². The second-order valence-corrected chi connectivity index (χ2v) is 20.5. The molecule has 0 amide bonds. The molecule has 0 atom stereocenters. The van der Waals surface area contributed by atoms with Crippen LogP contribution in [0, 0.1) is 20.8 Å². The van der Waals surface area contributed by atoms with Crippen LogP contribution in [0.5, 0.6) is 0 Å². The maximum atomic E-state index is 6.63. The summed E-state index contributed by atoms with van der Waals surface area (Å²) in [7, 11) is -2.88. The van der Waals surface area contributed by atoms with Crippen molar-refractivity contribution in [1.29, 1.82) is 0 Å². The number of benzene rings is 10. The lowest BCUT2D eigenvalue weighted by atomic mass is 9.98. The number of aryl methyl sites for hydroxylation is 3. The molecule has 0 aliphatic heterocycles. The molecule has 10 aromatic carbocycles. The van der Waals surface area contributed by atoms with Gasteiger partial charge in [-0.05, 0) is 106 Å². The summed E-state index contributed by atoms with van der Waals surface area (Å²) in [5.74, 6) is 0.